The van der Waals surface area contributed by atoms with Gasteiger partial charge in [0.2, 0.25) is 5.91 Å². The smallest absolute Gasteiger partial charge is 0.268 e. The zero-order valence-electron chi connectivity index (χ0n) is 44.9. The average Bonchev–Trinajstić information content (AvgIpc) is 3.29. The highest BCUT2D eigenvalue weighted by Crippen LogP contribution is 2.38. The van der Waals surface area contributed by atoms with Crippen molar-refractivity contribution in [2.75, 3.05) is 40.9 Å². The summed E-state index contributed by atoms with van der Waals surface area (Å²) in [6.45, 7) is 4.63. The first-order chi connectivity index (χ1) is 32.5. The molecule has 0 aliphatic heterocycles. The zero-order chi connectivity index (χ0) is 49.2. The van der Waals surface area contributed by atoms with Crippen LogP contribution in [0, 0.1) is 0 Å². The maximum atomic E-state index is 12.9. The van der Waals surface area contributed by atoms with Gasteiger partial charge in [0.1, 0.15) is 13.2 Å². The van der Waals surface area contributed by atoms with Gasteiger partial charge in [0.25, 0.3) is 7.82 Å². The number of nitrogens with one attached hydrogen (secondary N) is 1. The summed E-state index contributed by atoms with van der Waals surface area (Å²) < 4.78 is 23.3. The minimum Gasteiger partial charge on any atom is -0.756 e. The van der Waals surface area contributed by atoms with Gasteiger partial charge in [0.15, 0.2) is 0 Å². The number of hydrogen-bond acceptors (Lipinski definition) is 6. The summed E-state index contributed by atoms with van der Waals surface area (Å²) in [5.74, 6) is -0.208. The second-order valence-electron chi connectivity index (χ2n) is 20.6. The fourth-order valence-electron chi connectivity index (χ4n) is 8.28. The summed E-state index contributed by atoms with van der Waals surface area (Å²) in [6, 6.07) is -0.895. The molecule has 0 fully saturated rings. The van der Waals surface area contributed by atoms with Crippen molar-refractivity contribution in [1.29, 1.82) is 0 Å². The fourth-order valence-corrected chi connectivity index (χ4v) is 9.00. The van der Waals surface area contributed by atoms with Gasteiger partial charge >= 0.3 is 0 Å². The molecule has 0 spiro atoms. The number of nitrogens with zero attached hydrogens (tertiary/aromatic N) is 1. The number of allylic oxidation sites excluding steroid dienone is 7. The maximum Gasteiger partial charge on any atom is 0.268 e. The van der Waals surface area contributed by atoms with Gasteiger partial charge in [-0.1, -0.05) is 249 Å². The number of phosphoric ester groups is 1. The Labute approximate surface area is 416 Å². The monoisotopic (exact) mass is 963 g/mol. The molecule has 8 nitrogen and oxygen atoms in total. The Hall–Kier alpha value is -1.54. The lowest BCUT2D eigenvalue weighted by molar-refractivity contribution is -0.870. The summed E-state index contributed by atoms with van der Waals surface area (Å²) >= 11 is 0. The van der Waals surface area contributed by atoms with Crippen LogP contribution in [0.3, 0.4) is 0 Å². The lowest BCUT2D eigenvalue weighted by Crippen LogP contribution is -2.45. The highest BCUT2D eigenvalue weighted by molar-refractivity contribution is 7.45. The van der Waals surface area contributed by atoms with Crippen LogP contribution in [0.5, 0.6) is 0 Å². The highest BCUT2D eigenvalue weighted by atomic mass is 31.2. The lowest BCUT2D eigenvalue weighted by Gasteiger charge is -2.29. The van der Waals surface area contributed by atoms with Crippen molar-refractivity contribution in [1.82, 2.24) is 5.32 Å². The van der Waals surface area contributed by atoms with Crippen molar-refractivity contribution in [3.63, 3.8) is 0 Å². The van der Waals surface area contributed by atoms with Crippen molar-refractivity contribution in [3.05, 3.63) is 48.6 Å². The first kappa shape index (κ1) is 65.5. The fraction of sp³-hybridized carbons (Fsp3) is 0.845. The van der Waals surface area contributed by atoms with E-state index < -0.39 is 20.0 Å². The van der Waals surface area contributed by atoms with Crippen LogP contribution in [0.1, 0.15) is 264 Å². The van der Waals surface area contributed by atoms with Gasteiger partial charge < -0.3 is 28.8 Å². The zero-order valence-corrected chi connectivity index (χ0v) is 45.7. The molecule has 1 amide bonds. The third kappa shape index (κ3) is 52.1. The summed E-state index contributed by atoms with van der Waals surface area (Å²) in [7, 11) is 1.25. The van der Waals surface area contributed by atoms with E-state index in [0.29, 0.717) is 17.4 Å². The SMILES string of the molecule is CCCCC/C=C\C/C=C\C/C=C\CCCCCCCCC(=O)NC(COP(=O)([O-])OCC[N+](C)(C)C)C(O)/C=C/CCCCCCCCCCCCCCCCCCCCCCCCCC. The number of hydrogen-bond donors (Lipinski definition) is 2. The molecule has 9 heteroatoms. The molecule has 0 saturated heterocycles. The molecule has 0 rings (SSSR count). The van der Waals surface area contributed by atoms with Crippen LogP contribution in [0.25, 0.3) is 0 Å². The highest BCUT2D eigenvalue weighted by Gasteiger charge is 2.23. The molecule has 394 valence electrons. The van der Waals surface area contributed by atoms with Crippen LogP contribution in [0.2, 0.25) is 0 Å². The van der Waals surface area contributed by atoms with Crippen LogP contribution < -0.4 is 10.2 Å². The third-order valence-electron chi connectivity index (χ3n) is 12.8. The van der Waals surface area contributed by atoms with E-state index in [4.69, 9.17) is 9.05 Å². The van der Waals surface area contributed by atoms with E-state index in [0.717, 1.165) is 64.2 Å². The Morgan fingerprint density at radius 2 is 0.866 bits per heavy atom. The Morgan fingerprint density at radius 3 is 1.28 bits per heavy atom. The Balaban J connectivity index is 4.23. The summed E-state index contributed by atoms with van der Waals surface area (Å²) in [5.41, 5.74) is 0. The number of phosphoric acid groups is 1. The molecular weight excluding hydrogens is 852 g/mol. The number of aliphatic hydroxyl groups is 1. The van der Waals surface area contributed by atoms with Gasteiger partial charge in [-0.15, -0.1) is 0 Å². The van der Waals surface area contributed by atoms with Crippen LogP contribution >= 0.6 is 7.82 Å². The lowest BCUT2D eigenvalue weighted by atomic mass is 10.0. The first-order valence-corrected chi connectivity index (χ1v) is 30.0. The standard InChI is InChI=1S/C58H111N2O6P/c1-6-8-10-12-14-16-18-20-22-24-26-27-28-29-30-31-32-34-35-37-39-41-43-45-47-49-51-57(61)56(55-66-67(63,64)65-54-53-60(3,4)5)59-58(62)52-50-48-46-44-42-40-38-36-33-25-23-21-19-17-15-13-11-9-7-2/h15,17,21,23,33,36,49,51,56-57,61H,6-14,16,18-20,22,24-32,34-35,37-48,50,52-55H2,1-5H3,(H-,59,62,63,64)/b17-15-,23-21-,36-33-,51-49+. The molecule has 0 radical (unpaired) electrons. The largest absolute Gasteiger partial charge is 0.756 e. The van der Waals surface area contributed by atoms with E-state index in [1.165, 1.54) is 180 Å². The number of quaternary nitrogens is 1. The van der Waals surface area contributed by atoms with Crippen molar-refractivity contribution < 1.29 is 32.9 Å². The van der Waals surface area contributed by atoms with Gasteiger partial charge in [0, 0.05) is 6.42 Å². The van der Waals surface area contributed by atoms with Crippen LogP contribution in [0.15, 0.2) is 48.6 Å². The summed E-state index contributed by atoms with van der Waals surface area (Å²) in [6.07, 6.45) is 64.7. The van der Waals surface area contributed by atoms with Gasteiger partial charge in [-0.05, 0) is 57.8 Å². The van der Waals surface area contributed by atoms with Crippen LogP contribution in [0.4, 0.5) is 0 Å². The van der Waals surface area contributed by atoms with Gasteiger partial charge in [0.05, 0.1) is 39.9 Å². The van der Waals surface area contributed by atoms with Gasteiger partial charge in [-0.25, -0.2) is 0 Å². The molecular formula is C58H111N2O6P. The molecule has 0 aliphatic carbocycles. The number of carbonyl (C=O) groups excluding carboxylic acids is 1. The number of amides is 1. The molecule has 2 N–H and O–H groups in total. The summed E-state index contributed by atoms with van der Waals surface area (Å²) in [4.78, 5) is 25.5. The van der Waals surface area contributed by atoms with Gasteiger partial charge in [-0.3, -0.25) is 9.36 Å². The maximum absolute atomic E-state index is 12.9. The Bertz CT molecular complexity index is 1230. The Morgan fingerprint density at radius 1 is 0.522 bits per heavy atom. The normalized spacial score (nSPS) is 14.3. The number of likely N-dealkylation sites (N-methyl/N-ethyl adjacent to an activating group) is 1. The minimum atomic E-state index is -4.60. The van der Waals surface area contributed by atoms with E-state index >= 15 is 0 Å². The van der Waals surface area contributed by atoms with Crippen molar-refractivity contribution >= 4 is 13.7 Å². The molecule has 0 heterocycles. The van der Waals surface area contributed by atoms with E-state index in [9.17, 15) is 19.4 Å². The van der Waals surface area contributed by atoms with E-state index in [2.05, 4.69) is 55.6 Å². The summed E-state index contributed by atoms with van der Waals surface area (Å²) in [5, 5.41) is 13.9. The first-order valence-electron chi connectivity index (χ1n) is 28.5. The van der Waals surface area contributed by atoms with Crippen molar-refractivity contribution in [3.8, 4) is 0 Å². The molecule has 0 saturated carbocycles. The molecule has 0 bridgehead atoms. The number of unbranched alkanes of at least 4 members (excludes halogenated alkanes) is 33. The molecule has 0 aliphatic rings. The molecule has 67 heavy (non-hydrogen) atoms. The number of aliphatic hydroxyl groups excluding tert-OH is 1. The topological polar surface area (TPSA) is 108 Å². The van der Waals surface area contributed by atoms with Crippen LogP contribution in [-0.2, 0) is 18.4 Å². The quantitative estimate of drug-likeness (QED) is 0.0272. The number of carbonyl (C=O) groups is 1. The Kier molecular flexibility index (Phi) is 48.3. The van der Waals surface area contributed by atoms with E-state index in [1.54, 1.807) is 6.08 Å². The number of rotatable bonds is 52. The van der Waals surface area contributed by atoms with Gasteiger partial charge in [-0.2, -0.15) is 0 Å². The molecule has 3 atom stereocenters. The predicted molar refractivity (Wildman–Crippen MR) is 288 cm³/mol. The van der Waals surface area contributed by atoms with Crippen LogP contribution in [-0.4, -0.2) is 68.5 Å². The van der Waals surface area contributed by atoms with E-state index in [-0.39, 0.29) is 19.1 Å². The van der Waals surface area contributed by atoms with Crippen molar-refractivity contribution in [2.45, 2.75) is 276 Å². The van der Waals surface area contributed by atoms with Crippen molar-refractivity contribution in [2.24, 2.45) is 0 Å². The third-order valence-corrected chi connectivity index (χ3v) is 13.7. The second-order valence-corrected chi connectivity index (χ2v) is 22.1. The minimum absolute atomic E-state index is 0.00474. The molecule has 0 aromatic carbocycles. The average molecular weight is 964 g/mol. The second kappa shape index (κ2) is 49.4. The molecule has 0 aromatic rings. The van der Waals surface area contributed by atoms with E-state index in [1.807, 2.05) is 27.2 Å². The predicted octanol–water partition coefficient (Wildman–Crippen LogP) is 16.5. The molecule has 3 unspecified atom stereocenters. The molecule has 0 aromatic heterocycles.